The van der Waals surface area contributed by atoms with Crippen molar-refractivity contribution in [1.29, 1.82) is 0 Å². The number of aromatic hydroxyl groups is 1. The van der Waals surface area contributed by atoms with E-state index in [0.717, 1.165) is 0 Å². The van der Waals surface area contributed by atoms with Crippen LogP contribution >= 0.6 is 0 Å². The summed E-state index contributed by atoms with van der Waals surface area (Å²) < 4.78 is 0. The number of carboxylic acid groups (broad SMARTS) is 1. The molecule has 2 rings (SSSR count). The first-order valence-electron chi connectivity index (χ1n) is 5.89. The second-order valence-electron chi connectivity index (χ2n) is 4.45. The molecule has 5 heteroatoms. The average Bonchev–Trinajstić information content (AvgIpc) is 2.38. The van der Waals surface area contributed by atoms with E-state index in [1.807, 2.05) is 0 Å². The monoisotopic (exact) mass is 249 g/mol. The van der Waals surface area contributed by atoms with Gasteiger partial charge in [-0.1, -0.05) is 12.1 Å². The fraction of sp³-hybridized carbons (Fsp3) is 0.385. The molecule has 0 unspecified atom stereocenters. The highest BCUT2D eigenvalue weighted by Crippen LogP contribution is 2.22. The van der Waals surface area contributed by atoms with Crippen molar-refractivity contribution < 1.29 is 19.8 Å². The first kappa shape index (κ1) is 12.4. The zero-order chi connectivity index (χ0) is 13.1. The van der Waals surface area contributed by atoms with Gasteiger partial charge in [-0.15, -0.1) is 0 Å². The molecule has 5 nitrogen and oxygen atoms in total. The fourth-order valence-corrected chi connectivity index (χ4v) is 2.19. The van der Waals surface area contributed by atoms with Gasteiger partial charge in [0, 0.05) is 13.1 Å². The predicted molar refractivity (Wildman–Crippen MR) is 64.4 cm³/mol. The molecule has 1 aromatic rings. The van der Waals surface area contributed by atoms with Crippen LogP contribution < -0.4 is 0 Å². The van der Waals surface area contributed by atoms with E-state index in [2.05, 4.69) is 0 Å². The highest BCUT2D eigenvalue weighted by atomic mass is 16.4. The maximum Gasteiger partial charge on any atom is 0.308 e. The van der Waals surface area contributed by atoms with Crippen molar-refractivity contribution in [2.45, 2.75) is 12.8 Å². The lowest BCUT2D eigenvalue weighted by Crippen LogP contribution is -2.42. The normalized spacial score (nSPS) is 19.6. The van der Waals surface area contributed by atoms with Gasteiger partial charge in [-0.25, -0.2) is 0 Å². The Bertz CT molecular complexity index is 472. The third-order valence-electron chi connectivity index (χ3n) is 3.19. The molecular weight excluding hydrogens is 234 g/mol. The van der Waals surface area contributed by atoms with Crippen molar-refractivity contribution in [3.63, 3.8) is 0 Å². The zero-order valence-electron chi connectivity index (χ0n) is 9.87. The Hall–Kier alpha value is -2.04. The van der Waals surface area contributed by atoms with Crippen LogP contribution in [0.25, 0.3) is 0 Å². The summed E-state index contributed by atoms with van der Waals surface area (Å²) in [4.78, 5) is 24.6. The molecule has 0 radical (unpaired) electrons. The lowest BCUT2D eigenvalue weighted by Gasteiger charge is -2.30. The van der Waals surface area contributed by atoms with Gasteiger partial charge < -0.3 is 15.1 Å². The number of rotatable bonds is 2. The molecule has 0 bridgehead atoms. The number of carbonyl (C=O) groups is 2. The summed E-state index contributed by atoms with van der Waals surface area (Å²) in [5.41, 5.74) is 0.225. The number of phenols is 1. The van der Waals surface area contributed by atoms with Gasteiger partial charge in [-0.3, -0.25) is 9.59 Å². The molecule has 0 aliphatic carbocycles. The zero-order valence-corrected chi connectivity index (χ0v) is 9.87. The highest BCUT2D eigenvalue weighted by molar-refractivity contribution is 5.97. The van der Waals surface area contributed by atoms with Crippen LogP contribution in [0.3, 0.4) is 0 Å². The van der Waals surface area contributed by atoms with E-state index in [0.29, 0.717) is 19.4 Å². The summed E-state index contributed by atoms with van der Waals surface area (Å²) in [6, 6.07) is 6.31. The molecule has 1 aliphatic rings. The maximum absolute atomic E-state index is 12.2. The number of phenolic OH excluding ortho intramolecular Hbond substituents is 1. The molecule has 2 N–H and O–H groups in total. The van der Waals surface area contributed by atoms with Crippen LogP contribution in [-0.2, 0) is 4.79 Å². The number of carbonyl (C=O) groups excluding carboxylic acids is 1. The number of amides is 1. The van der Waals surface area contributed by atoms with Crippen molar-refractivity contribution in [1.82, 2.24) is 4.90 Å². The molecule has 18 heavy (non-hydrogen) atoms. The summed E-state index contributed by atoms with van der Waals surface area (Å²) in [6.45, 7) is 0.749. The first-order valence-corrected chi connectivity index (χ1v) is 5.89. The Labute approximate surface area is 105 Å². The number of hydrogen-bond donors (Lipinski definition) is 2. The molecule has 1 aromatic carbocycles. The van der Waals surface area contributed by atoms with Crippen LogP contribution in [0.4, 0.5) is 0 Å². The number of piperidine rings is 1. The molecule has 0 saturated carbocycles. The maximum atomic E-state index is 12.2. The van der Waals surface area contributed by atoms with Gasteiger partial charge in [0.1, 0.15) is 5.75 Å². The van der Waals surface area contributed by atoms with Gasteiger partial charge in [-0.05, 0) is 25.0 Å². The quantitative estimate of drug-likeness (QED) is 0.828. The van der Waals surface area contributed by atoms with E-state index in [4.69, 9.17) is 5.11 Å². The molecule has 1 atom stereocenters. The van der Waals surface area contributed by atoms with Crippen molar-refractivity contribution in [2.75, 3.05) is 13.1 Å². The van der Waals surface area contributed by atoms with E-state index in [9.17, 15) is 14.7 Å². The minimum absolute atomic E-state index is 0.0695. The summed E-state index contributed by atoms with van der Waals surface area (Å²) in [5.74, 6) is -1.75. The third-order valence-corrected chi connectivity index (χ3v) is 3.19. The second kappa shape index (κ2) is 5.08. The number of benzene rings is 1. The summed E-state index contributed by atoms with van der Waals surface area (Å²) in [5, 5.41) is 18.6. The van der Waals surface area contributed by atoms with E-state index >= 15 is 0 Å². The lowest BCUT2D eigenvalue weighted by atomic mass is 9.97. The van der Waals surface area contributed by atoms with Gasteiger partial charge in [0.05, 0.1) is 11.5 Å². The van der Waals surface area contributed by atoms with Crippen LogP contribution in [0.15, 0.2) is 24.3 Å². The third kappa shape index (κ3) is 2.45. The van der Waals surface area contributed by atoms with Crippen molar-refractivity contribution in [2.24, 2.45) is 5.92 Å². The molecule has 0 spiro atoms. The first-order chi connectivity index (χ1) is 8.59. The van der Waals surface area contributed by atoms with Gasteiger partial charge in [0.2, 0.25) is 0 Å². The van der Waals surface area contributed by atoms with Crippen LogP contribution in [0.5, 0.6) is 5.75 Å². The molecule has 1 amide bonds. The van der Waals surface area contributed by atoms with Crippen molar-refractivity contribution in [3.05, 3.63) is 29.8 Å². The number of aliphatic carboxylic acids is 1. The molecule has 1 heterocycles. The van der Waals surface area contributed by atoms with Crippen LogP contribution in [0, 0.1) is 5.92 Å². The Morgan fingerprint density at radius 1 is 1.28 bits per heavy atom. The number of nitrogens with zero attached hydrogens (tertiary/aromatic N) is 1. The van der Waals surface area contributed by atoms with Crippen LogP contribution in [0.2, 0.25) is 0 Å². The summed E-state index contributed by atoms with van der Waals surface area (Å²) >= 11 is 0. The van der Waals surface area contributed by atoms with E-state index in [-0.39, 0.29) is 23.8 Å². The number of likely N-dealkylation sites (tertiary alicyclic amines) is 1. The fourth-order valence-electron chi connectivity index (χ4n) is 2.19. The van der Waals surface area contributed by atoms with Gasteiger partial charge in [-0.2, -0.15) is 0 Å². The topological polar surface area (TPSA) is 77.8 Å². The minimum Gasteiger partial charge on any atom is -0.507 e. The van der Waals surface area contributed by atoms with Crippen LogP contribution in [0.1, 0.15) is 23.2 Å². The standard InChI is InChI=1S/C13H15NO4/c15-11-6-2-1-5-10(11)12(16)14-7-3-4-9(8-14)13(17)18/h1-2,5-6,9,15H,3-4,7-8H2,(H,17,18)/t9-/m1/s1. The number of para-hydroxylation sites is 1. The number of carboxylic acids is 1. The van der Waals surface area contributed by atoms with Crippen molar-refractivity contribution >= 4 is 11.9 Å². The van der Waals surface area contributed by atoms with Gasteiger partial charge in [0.25, 0.3) is 5.91 Å². The molecule has 96 valence electrons. The average molecular weight is 249 g/mol. The highest BCUT2D eigenvalue weighted by Gasteiger charge is 2.29. The minimum atomic E-state index is -0.871. The van der Waals surface area contributed by atoms with Crippen molar-refractivity contribution in [3.8, 4) is 5.75 Å². The van der Waals surface area contributed by atoms with E-state index in [1.54, 1.807) is 18.2 Å². The van der Waals surface area contributed by atoms with Crippen LogP contribution in [-0.4, -0.2) is 40.1 Å². The predicted octanol–water partition coefficient (Wildman–Crippen LogP) is 1.33. The molecule has 0 aromatic heterocycles. The SMILES string of the molecule is O=C(O)[C@@H]1CCCN(C(=O)c2ccccc2O)C1. The van der Waals surface area contributed by atoms with E-state index < -0.39 is 11.9 Å². The van der Waals surface area contributed by atoms with Gasteiger partial charge in [0.15, 0.2) is 0 Å². The lowest BCUT2D eigenvalue weighted by molar-refractivity contribution is -0.143. The smallest absolute Gasteiger partial charge is 0.308 e. The molecular formula is C13H15NO4. The Kier molecular flexibility index (Phi) is 3.50. The second-order valence-corrected chi connectivity index (χ2v) is 4.45. The Morgan fingerprint density at radius 3 is 2.67 bits per heavy atom. The summed E-state index contributed by atoms with van der Waals surface area (Å²) in [6.07, 6.45) is 1.27. The molecule has 1 fully saturated rings. The van der Waals surface area contributed by atoms with Gasteiger partial charge >= 0.3 is 5.97 Å². The van der Waals surface area contributed by atoms with E-state index in [1.165, 1.54) is 11.0 Å². The molecule has 1 aliphatic heterocycles. The largest absolute Gasteiger partial charge is 0.507 e. The molecule has 1 saturated heterocycles. The number of hydrogen-bond acceptors (Lipinski definition) is 3. The summed E-state index contributed by atoms with van der Waals surface area (Å²) in [7, 11) is 0. The Balaban J connectivity index is 2.14. The Morgan fingerprint density at radius 2 is 2.00 bits per heavy atom.